The van der Waals surface area contributed by atoms with Gasteiger partial charge in [0.25, 0.3) is 0 Å². The van der Waals surface area contributed by atoms with Crippen LogP contribution in [0.1, 0.15) is 42.9 Å². The van der Waals surface area contributed by atoms with Crippen molar-refractivity contribution < 1.29 is 9.53 Å². The summed E-state index contributed by atoms with van der Waals surface area (Å²) < 4.78 is 7.74. The normalized spacial score (nSPS) is 20.1. The molecule has 1 saturated heterocycles. The summed E-state index contributed by atoms with van der Waals surface area (Å²) in [4.78, 5) is 19.1. The molecule has 8 heteroatoms. The minimum absolute atomic E-state index is 0.0184. The number of benzene rings is 1. The van der Waals surface area contributed by atoms with Crippen LogP contribution in [0.25, 0.3) is 0 Å². The highest BCUT2D eigenvalue weighted by Crippen LogP contribution is 2.26. The van der Waals surface area contributed by atoms with Crippen molar-refractivity contribution in [2.75, 3.05) is 32.1 Å². The Bertz CT molecular complexity index is 918. The number of aliphatic imine (C=N–C) groups is 1. The van der Waals surface area contributed by atoms with E-state index in [1.54, 1.807) is 11.7 Å². The molecule has 0 bridgehead atoms. The van der Waals surface area contributed by atoms with Crippen LogP contribution < -0.4 is 10.6 Å². The molecule has 1 aromatic carbocycles. The number of amides is 1. The Hall–Kier alpha value is -2.87. The highest BCUT2D eigenvalue weighted by molar-refractivity contribution is 5.92. The Morgan fingerprint density at radius 1 is 1.32 bits per heavy atom. The van der Waals surface area contributed by atoms with Gasteiger partial charge >= 0.3 is 0 Å². The average Bonchev–Trinajstić information content (AvgIpc) is 3.47. The summed E-state index contributed by atoms with van der Waals surface area (Å²) in [5, 5.41) is 10.8. The molecule has 0 spiro atoms. The summed E-state index contributed by atoms with van der Waals surface area (Å²) in [6, 6.07) is 8.02. The zero-order valence-electron chi connectivity index (χ0n) is 18.4. The molecule has 1 aliphatic carbocycles. The molecule has 1 amide bonds. The minimum atomic E-state index is -0.0184. The van der Waals surface area contributed by atoms with Gasteiger partial charge in [-0.2, -0.15) is 5.10 Å². The standard InChI is InChI=1S/C23H32N6O2/c1-24-23(29-10-11-31-21(16-29)19-14-26-28(2)15-19)25-13-17-6-5-9-20(12-17)27-22(30)18-7-3-4-8-18/h5-6,9,12,14-15,18,21H,3-4,7-8,10-11,13,16H2,1-2H3,(H,24,25)(H,27,30). The number of aryl methyl sites for hydroxylation is 1. The van der Waals surface area contributed by atoms with Crippen molar-refractivity contribution in [1.82, 2.24) is 20.0 Å². The lowest BCUT2D eigenvalue weighted by Gasteiger charge is -2.34. The van der Waals surface area contributed by atoms with Gasteiger partial charge in [-0.1, -0.05) is 25.0 Å². The third-order valence-electron chi connectivity index (χ3n) is 6.05. The van der Waals surface area contributed by atoms with Gasteiger partial charge in [0.05, 0.1) is 19.3 Å². The molecule has 2 aromatic rings. The van der Waals surface area contributed by atoms with E-state index in [1.165, 1.54) is 0 Å². The number of anilines is 1. The van der Waals surface area contributed by atoms with E-state index in [4.69, 9.17) is 4.74 Å². The second kappa shape index (κ2) is 9.96. The third-order valence-corrected chi connectivity index (χ3v) is 6.05. The quantitative estimate of drug-likeness (QED) is 0.570. The SMILES string of the molecule is CN=C(NCc1cccc(NC(=O)C2CCCC2)c1)N1CCOC(c2cnn(C)c2)C1. The lowest BCUT2D eigenvalue weighted by molar-refractivity contribution is -0.119. The maximum absolute atomic E-state index is 12.4. The van der Waals surface area contributed by atoms with E-state index in [-0.39, 0.29) is 17.9 Å². The predicted molar refractivity (Wildman–Crippen MR) is 121 cm³/mol. The molecule has 2 N–H and O–H groups in total. The van der Waals surface area contributed by atoms with Crippen LogP contribution in [0.3, 0.4) is 0 Å². The Balaban J connectivity index is 1.33. The number of morpholine rings is 1. The first-order valence-corrected chi connectivity index (χ1v) is 11.1. The molecule has 2 aliphatic rings. The molecule has 1 aromatic heterocycles. The highest BCUT2D eigenvalue weighted by atomic mass is 16.5. The van der Waals surface area contributed by atoms with Crippen LogP contribution in [0.4, 0.5) is 5.69 Å². The van der Waals surface area contributed by atoms with Crippen LogP contribution in [0.5, 0.6) is 0 Å². The van der Waals surface area contributed by atoms with Crippen molar-refractivity contribution in [3.8, 4) is 0 Å². The number of carbonyl (C=O) groups is 1. The van der Waals surface area contributed by atoms with E-state index in [1.807, 2.05) is 37.6 Å². The zero-order chi connectivity index (χ0) is 21.6. The molecule has 0 radical (unpaired) electrons. The lowest BCUT2D eigenvalue weighted by Crippen LogP contribution is -2.47. The molecule has 31 heavy (non-hydrogen) atoms. The van der Waals surface area contributed by atoms with Crippen molar-refractivity contribution in [1.29, 1.82) is 0 Å². The van der Waals surface area contributed by atoms with Crippen molar-refractivity contribution in [3.63, 3.8) is 0 Å². The fourth-order valence-corrected chi connectivity index (χ4v) is 4.35. The van der Waals surface area contributed by atoms with Gasteiger partial charge in [-0.25, -0.2) is 0 Å². The number of hydrogen-bond acceptors (Lipinski definition) is 4. The number of hydrogen-bond donors (Lipinski definition) is 2. The number of carbonyl (C=O) groups excluding carboxylic acids is 1. The molecule has 2 heterocycles. The van der Waals surface area contributed by atoms with Crippen LogP contribution in [-0.4, -0.2) is 53.3 Å². The first kappa shape index (κ1) is 21.4. The van der Waals surface area contributed by atoms with Crippen LogP contribution in [-0.2, 0) is 23.1 Å². The molecule has 4 rings (SSSR count). The number of guanidine groups is 1. The summed E-state index contributed by atoms with van der Waals surface area (Å²) >= 11 is 0. The maximum atomic E-state index is 12.4. The first-order chi connectivity index (χ1) is 15.1. The van der Waals surface area contributed by atoms with E-state index in [0.717, 1.165) is 61.5 Å². The molecule has 1 aliphatic heterocycles. The van der Waals surface area contributed by atoms with Gasteiger partial charge in [0, 0.05) is 50.6 Å². The second-order valence-corrected chi connectivity index (χ2v) is 8.32. The van der Waals surface area contributed by atoms with Gasteiger partial charge in [0.1, 0.15) is 6.10 Å². The maximum Gasteiger partial charge on any atom is 0.227 e. The smallest absolute Gasteiger partial charge is 0.227 e. The summed E-state index contributed by atoms with van der Waals surface area (Å²) in [6.45, 7) is 2.79. The largest absolute Gasteiger partial charge is 0.370 e. The molecule has 166 valence electrons. The van der Waals surface area contributed by atoms with E-state index >= 15 is 0 Å². The Morgan fingerprint density at radius 3 is 2.90 bits per heavy atom. The van der Waals surface area contributed by atoms with Gasteiger partial charge < -0.3 is 20.3 Å². The van der Waals surface area contributed by atoms with Crippen LogP contribution >= 0.6 is 0 Å². The van der Waals surface area contributed by atoms with Gasteiger partial charge in [0.2, 0.25) is 5.91 Å². The zero-order valence-corrected chi connectivity index (χ0v) is 18.4. The molecule has 1 atom stereocenters. The van der Waals surface area contributed by atoms with Crippen molar-refractivity contribution in [3.05, 3.63) is 47.8 Å². The van der Waals surface area contributed by atoms with Gasteiger partial charge in [0.15, 0.2) is 5.96 Å². The number of aromatic nitrogens is 2. The van der Waals surface area contributed by atoms with E-state index in [9.17, 15) is 4.79 Å². The fraction of sp³-hybridized carbons (Fsp3) is 0.522. The average molecular weight is 425 g/mol. The summed E-state index contributed by atoms with van der Waals surface area (Å²) in [5.41, 5.74) is 3.03. The Morgan fingerprint density at radius 2 is 2.16 bits per heavy atom. The van der Waals surface area contributed by atoms with Gasteiger partial charge in [-0.05, 0) is 30.5 Å². The number of nitrogens with one attached hydrogen (secondary N) is 2. The monoisotopic (exact) mass is 424 g/mol. The molecule has 1 unspecified atom stereocenters. The van der Waals surface area contributed by atoms with E-state index < -0.39 is 0 Å². The predicted octanol–water partition coefficient (Wildman–Crippen LogP) is 2.70. The summed E-state index contributed by atoms with van der Waals surface area (Å²) in [6.07, 6.45) is 8.15. The number of ether oxygens (including phenoxy) is 1. The summed E-state index contributed by atoms with van der Waals surface area (Å²) in [5.74, 6) is 1.15. The molecular weight excluding hydrogens is 392 g/mol. The lowest BCUT2D eigenvalue weighted by atomic mass is 10.1. The molecule has 1 saturated carbocycles. The van der Waals surface area contributed by atoms with Crippen LogP contribution in [0, 0.1) is 5.92 Å². The van der Waals surface area contributed by atoms with E-state index in [0.29, 0.717) is 13.2 Å². The van der Waals surface area contributed by atoms with Crippen molar-refractivity contribution >= 4 is 17.6 Å². The second-order valence-electron chi connectivity index (χ2n) is 8.32. The third kappa shape index (κ3) is 5.44. The summed E-state index contributed by atoms with van der Waals surface area (Å²) in [7, 11) is 3.71. The Labute approximate surface area is 183 Å². The highest BCUT2D eigenvalue weighted by Gasteiger charge is 2.25. The Kier molecular flexibility index (Phi) is 6.86. The molecule has 2 fully saturated rings. The van der Waals surface area contributed by atoms with Crippen molar-refractivity contribution in [2.45, 2.75) is 38.3 Å². The molecule has 8 nitrogen and oxygen atoms in total. The number of rotatable bonds is 5. The van der Waals surface area contributed by atoms with E-state index in [2.05, 4.69) is 31.7 Å². The number of nitrogens with zero attached hydrogens (tertiary/aromatic N) is 4. The first-order valence-electron chi connectivity index (χ1n) is 11.1. The van der Waals surface area contributed by atoms with Crippen molar-refractivity contribution in [2.24, 2.45) is 18.0 Å². The van der Waals surface area contributed by atoms with Gasteiger partial charge in [-0.15, -0.1) is 0 Å². The minimum Gasteiger partial charge on any atom is -0.370 e. The fourth-order valence-electron chi connectivity index (χ4n) is 4.35. The van der Waals surface area contributed by atoms with Crippen LogP contribution in [0.2, 0.25) is 0 Å². The van der Waals surface area contributed by atoms with Crippen LogP contribution in [0.15, 0.2) is 41.7 Å². The van der Waals surface area contributed by atoms with Gasteiger partial charge in [-0.3, -0.25) is 14.5 Å². The topological polar surface area (TPSA) is 83.8 Å². The molecular formula is C23H32N6O2.